The molecule has 3 aromatic heterocycles. The van der Waals surface area contributed by atoms with Gasteiger partial charge in [0.1, 0.15) is 0 Å². The van der Waals surface area contributed by atoms with Gasteiger partial charge in [-0.1, -0.05) is 24.3 Å². The number of thiophene rings is 1. The van der Waals surface area contributed by atoms with Crippen LogP contribution < -0.4 is 10.6 Å². The Morgan fingerprint density at radius 3 is 2.74 bits per heavy atom. The molecule has 0 aliphatic carbocycles. The summed E-state index contributed by atoms with van der Waals surface area (Å²) in [6, 6.07) is 19.6. The van der Waals surface area contributed by atoms with Gasteiger partial charge in [0.15, 0.2) is 11.7 Å². The van der Waals surface area contributed by atoms with Crippen LogP contribution in [0.15, 0.2) is 71.3 Å². The van der Waals surface area contributed by atoms with Gasteiger partial charge in [-0.05, 0) is 48.9 Å². The lowest BCUT2D eigenvalue weighted by molar-refractivity contribution is 0.102. The first-order valence-electron chi connectivity index (χ1n) is 11.3. The van der Waals surface area contributed by atoms with E-state index in [4.69, 9.17) is 4.42 Å². The second-order valence-corrected chi connectivity index (χ2v) is 9.38. The largest absolute Gasteiger partial charge is 0.440 e. The lowest BCUT2D eigenvalue weighted by atomic mass is 10.2. The zero-order valence-corrected chi connectivity index (χ0v) is 20.2. The number of rotatable bonds is 8. The van der Waals surface area contributed by atoms with Gasteiger partial charge in [-0.15, -0.1) is 11.3 Å². The number of oxazole rings is 1. The highest BCUT2D eigenvalue weighted by atomic mass is 32.1. The van der Waals surface area contributed by atoms with E-state index in [-0.39, 0.29) is 5.91 Å². The number of nitrogens with zero attached hydrogens (tertiary/aromatic N) is 3. The van der Waals surface area contributed by atoms with E-state index in [1.54, 1.807) is 26.1 Å². The normalized spacial score (nSPS) is 12.1. The van der Waals surface area contributed by atoms with Crippen LogP contribution in [0.1, 0.15) is 28.0 Å². The minimum atomic E-state index is -0.606. The van der Waals surface area contributed by atoms with Crippen LogP contribution >= 0.6 is 11.3 Å². The fraction of sp³-hybridized carbons (Fsp3) is 0.192. The number of aliphatic hydroxyl groups excluding tert-OH is 1. The predicted octanol–water partition coefficient (Wildman–Crippen LogP) is 5.31. The topological polar surface area (TPSA) is 105 Å². The molecular weight excluding hydrogens is 462 g/mol. The molecule has 8 nitrogen and oxygen atoms in total. The maximum Gasteiger partial charge on any atom is 0.268 e. The monoisotopic (exact) mass is 487 g/mol. The maximum atomic E-state index is 13.0. The first kappa shape index (κ1) is 22.8. The molecule has 5 aromatic rings. The van der Waals surface area contributed by atoms with E-state index in [2.05, 4.69) is 20.6 Å². The number of nitrogens with one attached hydrogen (secondary N) is 2. The second-order valence-electron chi connectivity index (χ2n) is 8.30. The van der Waals surface area contributed by atoms with E-state index < -0.39 is 6.10 Å². The van der Waals surface area contributed by atoms with Gasteiger partial charge in [0.2, 0.25) is 5.95 Å². The van der Waals surface area contributed by atoms with E-state index in [1.807, 2.05) is 59.2 Å². The highest BCUT2D eigenvalue weighted by Gasteiger charge is 2.18. The molecule has 0 saturated carbocycles. The summed E-state index contributed by atoms with van der Waals surface area (Å²) in [5, 5.41) is 16.4. The number of aromatic nitrogens is 3. The standard InChI is InChI=1S/C26H25N5O3S/c1-16(32)15-31-21-9-8-18(13-28-19-6-4-3-5-7-19)12-20(21)29-26(31)30-25(33)24-11-10-23(35-24)22-14-27-17(2)34-22/h3-12,14,16,28,32H,13,15H2,1-2H3,(H,29,30,33). The van der Waals surface area contributed by atoms with Crippen molar-refractivity contribution in [2.24, 2.45) is 0 Å². The molecule has 9 heteroatoms. The third-order valence-electron chi connectivity index (χ3n) is 5.45. The number of imidazole rings is 1. The van der Waals surface area contributed by atoms with Crippen molar-refractivity contribution in [3.8, 4) is 10.6 Å². The highest BCUT2D eigenvalue weighted by Crippen LogP contribution is 2.29. The molecular formula is C26H25N5O3S. The number of carbonyl (C=O) groups excluding carboxylic acids is 1. The van der Waals surface area contributed by atoms with Crippen molar-refractivity contribution in [1.82, 2.24) is 14.5 Å². The number of hydrogen-bond acceptors (Lipinski definition) is 7. The zero-order valence-electron chi connectivity index (χ0n) is 19.4. The van der Waals surface area contributed by atoms with Crippen LogP contribution in [0.2, 0.25) is 0 Å². The molecule has 178 valence electrons. The van der Waals surface area contributed by atoms with Crippen molar-refractivity contribution in [2.45, 2.75) is 33.0 Å². The van der Waals surface area contributed by atoms with Gasteiger partial charge >= 0.3 is 0 Å². The minimum Gasteiger partial charge on any atom is -0.440 e. The molecule has 0 bridgehead atoms. The Balaban J connectivity index is 1.39. The third kappa shape index (κ3) is 5.11. The molecule has 35 heavy (non-hydrogen) atoms. The Hall–Kier alpha value is -3.95. The van der Waals surface area contributed by atoms with Crippen LogP contribution in [0, 0.1) is 6.92 Å². The fourth-order valence-corrected chi connectivity index (χ4v) is 4.67. The van der Waals surface area contributed by atoms with Gasteiger partial charge in [-0.2, -0.15) is 0 Å². The Labute approximate surface area is 206 Å². The summed E-state index contributed by atoms with van der Waals surface area (Å²) in [7, 11) is 0. The molecule has 0 radical (unpaired) electrons. The van der Waals surface area contributed by atoms with Gasteiger partial charge in [-0.25, -0.2) is 9.97 Å². The molecule has 0 spiro atoms. The highest BCUT2D eigenvalue weighted by molar-refractivity contribution is 7.17. The molecule has 1 atom stereocenters. The Kier molecular flexibility index (Phi) is 6.35. The van der Waals surface area contributed by atoms with Crippen molar-refractivity contribution in [3.05, 3.63) is 83.2 Å². The lowest BCUT2D eigenvalue weighted by Gasteiger charge is -2.11. The van der Waals surface area contributed by atoms with Crippen molar-refractivity contribution in [1.29, 1.82) is 0 Å². The van der Waals surface area contributed by atoms with E-state index in [1.165, 1.54) is 11.3 Å². The predicted molar refractivity (Wildman–Crippen MR) is 138 cm³/mol. The van der Waals surface area contributed by atoms with Crippen molar-refractivity contribution >= 4 is 39.9 Å². The summed E-state index contributed by atoms with van der Waals surface area (Å²) in [4.78, 5) is 23.2. The molecule has 0 aliphatic heterocycles. The Bertz CT molecular complexity index is 1470. The van der Waals surface area contributed by atoms with Crippen LogP contribution in [-0.2, 0) is 13.1 Å². The minimum absolute atomic E-state index is 0.273. The average Bonchev–Trinajstić information content (AvgIpc) is 3.57. The summed E-state index contributed by atoms with van der Waals surface area (Å²) >= 11 is 1.32. The lowest BCUT2D eigenvalue weighted by Crippen LogP contribution is -2.18. The molecule has 2 aromatic carbocycles. The molecule has 0 aliphatic rings. The van der Waals surface area contributed by atoms with Crippen molar-refractivity contribution in [3.63, 3.8) is 0 Å². The summed E-state index contributed by atoms with van der Waals surface area (Å²) < 4.78 is 7.40. The van der Waals surface area contributed by atoms with E-state index in [0.717, 1.165) is 27.2 Å². The van der Waals surface area contributed by atoms with Crippen molar-refractivity contribution < 1.29 is 14.3 Å². The average molecular weight is 488 g/mol. The quantitative estimate of drug-likeness (QED) is 0.274. The molecule has 3 heterocycles. The van der Waals surface area contributed by atoms with Crippen LogP contribution in [0.3, 0.4) is 0 Å². The molecule has 3 N–H and O–H groups in total. The van der Waals surface area contributed by atoms with Crippen molar-refractivity contribution in [2.75, 3.05) is 10.6 Å². The van der Waals surface area contributed by atoms with Crippen LogP contribution in [0.5, 0.6) is 0 Å². The smallest absolute Gasteiger partial charge is 0.268 e. The molecule has 1 unspecified atom stereocenters. The molecule has 0 fully saturated rings. The number of amides is 1. The number of aryl methyl sites for hydroxylation is 1. The first-order valence-corrected chi connectivity index (χ1v) is 12.1. The Morgan fingerprint density at radius 2 is 2.00 bits per heavy atom. The summed E-state index contributed by atoms with van der Waals surface area (Å²) in [5.74, 6) is 1.32. The molecule has 1 amide bonds. The van der Waals surface area contributed by atoms with Gasteiger partial charge in [0.05, 0.1) is 39.6 Å². The summed E-state index contributed by atoms with van der Waals surface area (Å²) in [6.07, 6.45) is 1.04. The maximum absolute atomic E-state index is 13.0. The Morgan fingerprint density at radius 1 is 1.17 bits per heavy atom. The van der Waals surface area contributed by atoms with Crippen LogP contribution in [0.25, 0.3) is 21.7 Å². The number of anilines is 2. The number of carbonyl (C=O) groups is 1. The van der Waals surface area contributed by atoms with Crippen LogP contribution in [0.4, 0.5) is 11.6 Å². The fourth-order valence-electron chi connectivity index (χ4n) is 3.82. The van der Waals surface area contributed by atoms with E-state index in [0.29, 0.717) is 35.6 Å². The van der Waals surface area contributed by atoms with Gasteiger partial charge < -0.3 is 19.4 Å². The third-order valence-corrected chi connectivity index (χ3v) is 6.55. The number of benzene rings is 2. The number of hydrogen-bond donors (Lipinski definition) is 3. The summed E-state index contributed by atoms with van der Waals surface area (Å²) in [5.41, 5.74) is 3.69. The SMILES string of the molecule is Cc1ncc(-c2ccc(C(=O)Nc3nc4cc(CNc5ccccc5)ccc4n3CC(C)O)s2)o1. The van der Waals surface area contributed by atoms with Gasteiger partial charge in [0, 0.05) is 19.2 Å². The number of para-hydroxylation sites is 1. The molecule has 5 rings (SSSR count). The van der Waals surface area contributed by atoms with E-state index >= 15 is 0 Å². The second kappa shape index (κ2) is 9.73. The zero-order chi connectivity index (χ0) is 24.4. The van der Waals surface area contributed by atoms with Gasteiger partial charge in [-0.3, -0.25) is 10.1 Å². The van der Waals surface area contributed by atoms with E-state index in [9.17, 15) is 9.90 Å². The van der Waals surface area contributed by atoms with Crippen LogP contribution in [-0.4, -0.2) is 31.7 Å². The number of fused-ring (bicyclic) bond motifs is 1. The number of aliphatic hydroxyl groups is 1. The summed E-state index contributed by atoms with van der Waals surface area (Å²) in [6.45, 7) is 4.44. The molecule has 0 saturated heterocycles. The first-order chi connectivity index (χ1) is 17.0. The van der Waals surface area contributed by atoms with Gasteiger partial charge in [0.25, 0.3) is 5.91 Å².